The Morgan fingerprint density at radius 2 is 1.83 bits per heavy atom. The van der Waals surface area contributed by atoms with E-state index in [2.05, 4.69) is 9.88 Å². The first-order chi connectivity index (χ1) is 13.6. The lowest BCUT2D eigenvalue weighted by Crippen LogP contribution is -2.22. The molecule has 0 bridgehead atoms. The lowest BCUT2D eigenvalue weighted by atomic mass is 10.2. The molecule has 0 amide bonds. The molecule has 1 aromatic heterocycles. The number of hydrogen-bond acceptors (Lipinski definition) is 4. The van der Waals surface area contributed by atoms with E-state index in [1.54, 1.807) is 13.0 Å². The van der Waals surface area contributed by atoms with Gasteiger partial charge in [-0.1, -0.05) is 6.07 Å². The molecule has 4 rings (SSSR count). The van der Waals surface area contributed by atoms with Crippen LogP contribution in [-0.4, -0.2) is 40.7 Å². The fourth-order valence-electron chi connectivity index (χ4n) is 3.76. The van der Waals surface area contributed by atoms with Crippen LogP contribution < -0.4 is 10.3 Å². The van der Waals surface area contributed by atoms with Crippen molar-refractivity contribution in [3.63, 3.8) is 0 Å². The second-order valence-electron chi connectivity index (χ2n) is 7.18. The van der Waals surface area contributed by atoms with E-state index in [1.165, 1.54) is 42.6 Å². The third kappa shape index (κ3) is 4.60. The molecule has 1 aliphatic rings. The molecule has 0 unspecified atom stereocenters. The zero-order valence-corrected chi connectivity index (χ0v) is 17.3. The molecule has 0 radical (unpaired) electrons. The molecule has 2 aromatic carbocycles. The summed E-state index contributed by atoms with van der Waals surface area (Å²) >= 11 is 0. The molecule has 2 heterocycles. The van der Waals surface area contributed by atoms with Gasteiger partial charge in [0.25, 0.3) is 5.56 Å². The monoisotopic (exact) mass is 417 g/mol. The summed E-state index contributed by atoms with van der Waals surface area (Å²) in [5.41, 5.74) is 0.520. The predicted octanol–water partition coefficient (Wildman–Crippen LogP) is 4.12. The van der Waals surface area contributed by atoms with Gasteiger partial charge in [-0.05, 0) is 75.7 Å². The standard InChI is InChI=1S/C22H24FN3O2.ClH/c1-16-24-21-19(6-4-7-20(21)23)22(27)26(16)17-8-10-18(11-9-17)28-15-5-14-25-12-2-3-13-25;/h4,6-11H,2-3,5,12-15H2,1H3;1H. The minimum atomic E-state index is -0.484. The van der Waals surface area contributed by atoms with Gasteiger partial charge >= 0.3 is 0 Å². The Hall–Kier alpha value is -2.44. The lowest BCUT2D eigenvalue weighted by molar-refractivity contribution is 0.263. The van der Waals surface area contributed by atoms with Crippen molar-refractivity contribution in [2.75, 3.05) is 26.2 Å². The third-order valence-corrected chi connectivity index (χ3v) is 5.20. The second kappa shape index (κ2) is 9.37. The van der Waals surface area contributed by atoms with Crippen molar-refractivity contribution >= 4 is 23.3 Å². The Labute approximate surface area is 175 Å². The zero-order valence-electron chi connectivity index (χ0n) is 16.4. The first-order valence-corrected chi connectivity index (χ1v) is 9.77. The van der Waals surface area contributed by atoms with Crippen LogP contribution in [0.3, 0.4) is 0 Å². The predicted molar refractivity (Wildman–Crippen MR) is 115 cm³/mol. The zero-order chi connectivity index (χ0) is 19.5. The van der Waals surface area contributed by atoms with Crippen LogP contribution in [0, 0.1) is 12.7 Å². The molecule has 1 fully saturated rings. The Morgan fingerprint density at radius 1 is 1.10 bits per heavy atom. The van der Waals surface area contributed by atoms with Crippen LogP contribution in [0.5, 0.6) is 5.75 Å². The number of para-hydroxylation sites is 1. The highest BCUT2D eigenvalue weighted by molar-refractivity contribution is 5.85. The Bertz CT molecular complexity index is 1030. The Kier molecular flexibility index (Phi) is 6.87. The first-order valence-electron chi connectivity index (χ1n) is 9.77. The van der Waals surface area contributed by atoms with Crippen molar-refractivity contribution in [3.8, 4) is 11.4 Å². The van der Waals surface area contributed by atoms with Crippen LogP contribution in [0.25, 0.3) is 16.6 Å². The number of rotatable bonds is 6. The van der Waals surface area contributed by atoms with E-state index >= 15 is 0 Å². The van der Waals surface area contributed by atoms with Crippen LogP contribution >= 0.6 is 12.4 Å². The van der Waals surface area contributed by atoms with Crippen LogP contribution in [0.4, 0.5) is 4.39 Å². The topological polar surface area (TPSA) is 47.4 Å². The van der Waals surface area contributed by atoms with Gasteiger partial charge in [0.15, 0.2) is 0 Å². The summed E-state index contributed by atoms with van der Waals surface area (Å²) in [6.07, 6.45) is 3.61. The Morgan fingerprint density at radius 3 is 2.55 bits per heavy atom. The molecular weight excluding hydrogens is 393 g/mol. The molecule has 1 saturated heterocycles. The van der Waals surface area contributed by atoms with Gasteiger partial charge in [0.1, 0.15) is 22.9 Å². The first kappa shape index (κ1) is 21.3. The quantitative estimate of drug-likeness (QED) is 0.566. The van der Waals surface area contributed by atoms with Crippen molar-refractivity contribution in [1.29, 1.82) is 0 Å². The minimum absolute atomic E-state index is 0. The number of aromatic nitrogens is 2. The molecule has 3 aromatic rings. The average Bonchev–Trinajstić information content (AvgIpc) is 3.21. The van der Waals surface area contributed by atoms with Crippen LogP contribution in [0.1, 0.15) is 25.1 Å². The number of nitrogens with zero attached hydrogens (tertiary/aromatic N) is 3. The van der Waals surface area contributed by atoms with Crippen LogP contribution in [0.15, 0.2) is 47.3 Å². The number of hydrogen-bond donors (Lipinski definition) is 0. The van der Waals surface area contributed by atoms with Gasteiger partial charge in [0.05, 0.1) is 17.7 Å². The van der Waals surface area contributed by atoms with Crippen LogP contribution in [0.2, 0.25) is 0 Å². The third-order valence-electron chi connectivity index (χ3n) is 5.20. The fourth-order valence-corrected chi connectivity index (χ4v) is 3.76. The summed E-state index contributed by atoms with van der Waals surface area (Å²) < 4.78 is 21.3. The summed E-state index contributed by atoms with van der Waals surface area (Å²) in [4.78, 5) is 19.6. The SMILES string of the molecule is Cc1nc2c(F)cccc2c(=O)n1-c1ccc(OCCCN2CCCC2)cc1.Cl. The molecule has 0 aliphatic carbocycles. The largest absolute Gasteiger partial charge is 0.494 e. The van der Waals surface area contributed by atoms with Gasteiger partial charge in [0.2, 0.25) is 0 Å². The van der Waals surface area contributed by atoms with Crippen molar-refractivity contribution in [1.82, 2.24) is 14.5 Å². The van der Waals surface area contributed by atoms with E-state index in [-0.39, 0.29) is 28.9 Å². The van der Waals surface area contributed by atoms with Gasteiger partial charge in [0, 0.05) is 6.54 Å². The van der Waals surface area contributed by atoms with Gasteiger partial charge in [-0.3, -0.25) is 9.36 Å². The molecule has 0 N–H and O–H groups in total. The number of likely N-dealkylation sites (tertiary alicyclic amines) is 1. The molecule has 0 atom stereocenters. The summed E-state index contributed by atoms with van der Waals surface area (Å²) in [7, 11) is 0. The maximum absolute atomic E-state index is 13.9. The summed E-state index contributed by atoms with van der Waals surface area (Å²) in [5.74, 6) is 0.736. The Balaban J connectivity index is 0.00000240. The number of aryl methyl sites for hydroxylation is 1. The molecule has 5 nitrogen and oxygen atoms in total. The van der Waals surface area contributed by atoms with Crippen LogP contribution in [-0.2, 0) is 0 Å². The van der Waals surface area contributed by atoms with E-state index in [9.17, 15) is 9.18 Å². The second-order valence-corrected chi connectivity index (χ2v) is 7.18. The molecular formula is C22H25ClFN3O2. The molecule has 1 aliphatic heterocycles. The molecule has 7 heteroatoms. The number of ether oxygens (including phenoxy) is 1. The van der Waals surface area contributed by atoms with E-state index in [4.69, 9.17) is 4.74 Å². The minimum Gasteiger partial charge on any atom is -0.494 e. The average molecular weight is 418 g/mol. The molecule has 0 saturated carbocycles. The highest BCUT2D eigenvalue weighted by Crippen LogP contribution is 2.18. The maximum atomic E-state index is 13.9. The van der Waals surface area contributed by atoms with Gasteiger partial charge in [-0.25, -0.2) is 9.37 Å². The highest BCUT2D eigenvalue weighted by Gasteiger charge is 2.13. The van der Waals surface area contributed by atoms with E-state index < -0.39 is 5.82 Å². The highest BCUT2D eigenvalue weighted by atomic mass is 35.5. The number of halogens is 2. The summed E-state index contributed by atoms with van der Waals surface area (Å²) in [5, 5.41) is 0.271. The lowest BCUT2D eigenvalue weighted by Gasteiger charge is -2.15. The smallest absolute Gasteiger partial charge is 0.266 e. The van der Waals surface area contributed by atoms with Crippen molar-refractivity contribution in [2.24, 2.45) is 0 Å². The van der Waals surface area contributed by atoms with Crippen molar-refractivity contribution in [2.45, 2.75) is 26.2 Å². The van der Waals surface area contributed by atoms with E-state index in [1.807, 2.05) is 24.3 Å². The molecule has 0 spiro atoms. The summed E-state index contributed by atoms with van der Waals surface area (Å²) in [6, 6.07) is 11.8. The maximum Gasteiger partial charge on any atom is 0.266 e. The summed E-state index contributed by atoms with van der Waals surface area (Å²) in [6.45, 7) is 5.85. The normalized spacial score (nSPS) is 14.1. The molecule has 29 heavy (non-hydrogen) atoms. The fraction of sp³-hybridized carbons (Fsp3) is 0.364. The van der Waals surface area contributed by atoms with Crippen molar-refractivity contribution in [3.05, 3.63) is 64.5 Å². The number of fused-ring (bicyclic) bond motifs is 1. The number of benzene rings is 2. The van der Waals surface area contributed by atoms with Gasteiger partial charge < -0.3 is 9.64 Å². The van der Waals surface area contributed by atoms with E-state index in [0.29, 0.717) is 18.1 Å². The van der Waals surface area contributed by atoms with E-state index in [0.717, 1.165) is 18.7 Å². The molecule has 154 valence electrons. The van der Waals surface area contributed by atoms with Crippen molar-refractivity contribution < 1.29 is 9.13 Å². The van der Waals surface area contributed by atoms with Gasteiger partial charge in [-0.15, -0.1) is 12.4 Å². The van der Waals surface area contributed by atoms with Gasteiger partial charge in [-0.2, -0.15) is 0 Å².